The second kappa shape index (κ2) is 8.02. The fourth-order valence-corrected chi connectivity index (χ4v) is 3.22. The number of ether oxygens (including phenoxy) is 1. The van der Waals surface area contributed by atoms with E-state index < -0.39 is 0 Å². The number of rotatable bonds is 7. The Morgan fingerprint density at radius 3 is 2.61 bits per heavy atom. The van der Waals surface area contributed by atoms with E-state index in [9.17, 15) is 4.79 Å². The van der Waals surface area contributed by atoms with Gasteiger partial charge < -0.3 is 15.4 Å². The standard InChI is InChI=1S/C22H21N7O2/c1-31-17-6-4-16(5-7-17)29-21-18(13-25-29)19(26-15-2-3-15)27-20(28-21)22(30)24-12-14-8-10-23-11-9-14/h4-11,13,15H,2-3,12H2,1H3,(H,24,30)(H,26,27,28). The molecule has 1 saturated carbocycles. The molecule has 3 aromatic heterocycles. The molecule has 5 rings (SSSR count). The number of amides is 1. The molecule has 31 heavy (non-hydrogen) atoms. The van der Waals surface area contributed by atoms with Gasteiger partial charge in [-0.15, -0.1) is 0 Å². The molecule has 3 heterocycles. The second-order valence-electron chi connectivity index (χ2n) is 7.34. The van der Waals surface area contributed by atoms with E-state index in [2.05, 4.69) is 30.7 Å². The summed E-state index contributed by atoms with van der Waals surface area (Å²) < 4.78 is 6.94. The number of nitrogens with one attached hydrogen (secondary N) is 2. The van der Waals surface area contributed by atoms with Crippen LogP contribution in [0, 0.1) is 0 Å². The van der Waals surface area contributed by atoms with Crippen LogP contribution in [-0.4, -0.2) is 43.8 Å². The zero-order valence-corrected chi connectivity index (χ0v) is 16.9. The molecule has 0 saturated heterocycles. The van der Waals surface area contributed by atoms with Gasteiger partial charge in [0.15, 0.2) is 5.65 Å². The van der Waals surface area contributed by atoms with E-state index in [-0.39, 0.29) is 11.7 Å². The van der Waals surface area contributed by atoms with Gasteiger partial charge in [0.1, 0.15) is 11.6 Å². The summed E-state index contributed by atoms with van der Waals surface area (Å²) >= 11 is 0. The fraction of sp³-hybridized carbons (Fsp3) is 0.227. The number of hydrogen-bond donors (Lipinski definition) is 2. The highest BCUT2D eigenvalue weighted by molar-refractivity contribution is 5.95. The van der Waals surface area contributed by atoms with Gasteiger partial charge in [-0.2, -0.15) is 5.10 Å². The second-order valence-corrected chi connectivity index (χ2v) is 7.34. The summed E-state index contributed by atoms with van der Waals surface area (Å²) in [5.41, 5.74) is 2.33. The lowest BCUT2D eigenvalue weighted by Crippen LogP contribution is -2.25. The molecule has 1 aromatic carbocycles. The largest absolute Gasteiger partial charge is 0.497 e. The normalized spacial score (nSPS) is 13.2. The Balaban J connectivity index is 1.50. The third kappa shape index (κ3) is 4.02. The molecule has 0 unspecified atom stereocenters. The molecule has 0 atom stereocenters. The van der Waals surface area contributed by atoms with Crippen LogP contribution in [0.25, 0.3) is 16.7 Å². The van der Waals surface area contributed by atoms with Crippen molar-refractivity contribution in [1.82, 2.24) is 30.0 Å². The molecule has 1 aliphatic rings. The minimum absolute atomic E-state index is 0.0972. The van der Waals surface area contributed by atoms with Gasteiger partial charge in [-0.1, -0.05) is 0 Å². The maximum absolute atomic E-state index is 12.8. The van der Waals surface area contributed by atoms with Gasteiger partial charge in [-0.25, -0.2) is 14.6 Å². The number of benzene rings is 1. The number of aromatic nitrogens is 5. The minimum atomic E-state index is -0.347. The maximum Gasteiger partial charge on any atom is 0.289 e. The van der Waals surface area contributed by atoms with Crippen LogP contribution in [0.3, 0.4) is 0 Å². The molecule has 0 bridgehead atoms. The predicted octanol–water partition coefficient (Wildman–Crippen LogP) is 2.72. The lowest BCUT2D eigenvalue weighted by Gasteiger charge is -2.10. The molecular weight excluding hydrogens is 394 g/mol. The molecule has 0 radical (unpaired) electrons. The van der Waals surface area contributed by atoms with E-state index in [1.807, 2.05) is 36.4 Å². The molecule has 9 nitrogen and oxygen atoms in total. The summed E-state index contributed by atoms with van der Waals surface area (Å²) in [5.74, 6) is 1.13. The summed E-state index contributed by atoms with van der Waals surface area (Å²) in [4.78, 5) is 25.9. The first-order valence-electron chi connectivity index (χ1n) is 10.0. The van der Waals surface area contributed by atoms with Crippen molar-refractivity contribution in [3.63, 3.8) is 0 Å². The number of pyridine rings is 1. The van der Waals surface area contributed by atoms with Crippen LogP contribution < -0.4 is 15.4 Å². The highest BCUT2D eigenvalue weighted by Crippen LogP contribution is 2.29. The Labute approximate surface area is 178 Å². The third-order valence-electron chi connectivity index (χ3n) is 5.07. The lowest BCUT2D eigenvalue weighted by molar-refractivity contribution is 0.0941. The average Bonchev–Trinajstić information content (AvgIpc) is 3.53. The van der Waals surface area contributed by atoms with Gasteiger partial charge in [0.05, 0.1) is 24.4 Å². The number of anilines is 1. The zero-order valence-electron chi connectivity index (χ0n) is 16.9. The molecule has 1 fully saturated rings. The van der Waals surface area contributed by atoms with Gasteiger partial charge in [0, 0.05) is 25.0 Å². The van der Waals surface area contributed by atoms with Crippen LogP contribution in [0.15, 0.2) is 55.0 Å². The molecular formula is C22H21N7O2. The van der Waals surface area contributed by atoms with Crippen molar-refractivity contribution in [2.75, 3.05) is 12.4 Å². The first-order valence-corrected chi connectivity index (χ1v) is 10.0. The third-order valence-corrected chi connectivity index (χ3v) is 5.07. The Bertz CT molecular complexity index is 1220. The average molecular weight is 415 g/mol. The monoisotopic (exact) mass is 415 g/mol. The molecule has 9 heteroatoms. The Kier molecular flexibility index (Phi) is 4.91. The van der Waals surface area contributed by atoms with E-state index in [0.29, 0.717) is 24.1 Å². The Hall–Kier alpha value is -4.01. The predicted molar refractivity (Wildman–Crippen MR) is 115 cm³/mol. The van der Waals surface area contributed by atoms with Crippen molar-refractivity contribution < 1.29 is 9.53 Å². The lowest BCUT2D eigenvalue weighted by atomic mass is 10.2. The van der Waals surface area contributed by atoms with Crippen LogP contribution in [0.5, 0.6) is 5.75 Å². The molecule has 1 aliphatic carbocycles. The SMILES string of the molecule is COc1ccc(-n2ncc3c(NC4CC4)nc(C(=O)NCc4ccncc4)nc32)cc1. The molecule has 2 N–H and O–H groups in total. The fourth-order valence-electron chi connectivity index (χ4n) is 3.22. The van der Waals surface area contributed by atoms with Crippen LogP contribution in [-0.2, 0) is 6.54 Å². The molecule has 1 amide bonds. The van der Waals surface area contributed by atoms with Gasteiger partial charge in [0.25, 0.3) is 5.91 Å². The van der Waals surface area contributed by atoms with E-state index >= 15 is 0 Å². The van der Waals surface area contributed by atoms with Gasteiger partial charge >= 0.3 is 0 Å². The zero-order chi connectivity index (χ0) is 21.2. The Morgan fingerprint density at radius 2 is 1.90 bits per heavy atom. The summed E-state index contributed by atoms with van der Waals surface area (Å²) in [6, 6.07) is 11.6. The van der Waals surface area contributed by atoms with Gasteiger partial charge in [-0.05, 0) is 54.8 Å². The molecule has 0 aliphatic heterocycles. The maximum atomic E-state index is 12.8. The van der Waals surface area contributed by atoms with E-state index in [1.54, 1.807) is 30.4 Å². The van der Waals surface area contributed by atoms with E-state index in [0.717, 1.165) is 35.2 Å². The van der Waals surface area contributed by atoms with Crippen LogP contribution in [0.2, 0.25) is 0 Å². The highest BCUT2D eigenvalue weighted by Gasteiger charge is 2.25. The molecule has 4 aromatic rings. The van der Waals surface area contributed by atoms with Crippen molar-refractivity contribution >= 4 is 22.8 Å². The van der Waals surface area contributed by atoms with Crippen molar-refractivity contribution in [1.29, 1.82) is 0 Å². The van der Waals surface area contributed by atoms with Crippen LogP contribution in [0.1, 0.15) is 29.0 Å². The number of fused-ring (bicyclic) bond motifs is 1. The number of nitrogens with zero attached hydrogens (tertiary/aromatic N) is 5. The summed E-state index contributed by atoms with van der Waals surface area (Å²) in [6.45, 7) is 0.367. The highest BCUT2D eigenvalue weighted by atomic mass is 16.5. The van der Waals surface area contributed by atoms with Gasteiger partial charge in [0.2, 0.25) is 5.82 Å². The Morgan fingerprint density at radius 1 is 1.13 bits per heavy atom. The summed E-state index contributed by atoms with van der Waals surface area (Å²) in [6.07, 6.45) is 7.27. The van der Waals surface area contributed by atoms with Crippen LogP contribution in [0.4, 0.5) is 5.82 Å². The topological polar surface area (TPSA) is 107 Å². The van der Waals surface area contributed by atoms with Crippen molar-refractivity contribution in [3.8, 4) is 11.4 Å². The van der Waals surface area contributed by atoms with Crippen LogP contribution >= 0.6 is 0 Å². The first kappa shape index (κ1) is 19.0. The smallest absolute Gasteiger partial charge is 0.289 e. The number of methoxy groups -OCH3 is 1. The molecule has 0 spiro atoms. The van der Waals surface area contributed by atoms with Crippen molar-refractivity contribution in [3.05, 3.63) is 66.4 Å². The quantitative estimate of drug-likeness (QED) is 0.478. The summed E-state index contributed by atoms with van der Waals surface area (Å²) in [7, 11) is 1.62. The van der Waals surface area contributed by atoms with E-state index in [1.165, 1.54) is 0 Å². The summed E-state index contributed by atoms with van der Waals surface area (Å²) in [5, 5.41) is 11.5. The first-order chi connectivity index (χ1) is 15.2. The van der Waals surface area contributed by atoms with Crippen molar-refractivity contribution in [2.24, 2.45) is 0 Å². The number of carbonyl (C=O) groups excluding carboxylic acids is 1. The van der Waals surface area contributed by atoms with E-state index in [4.69, 9.17) is 4.74 Å². The van der Waals surface area contributed by atoms with Gasteiger partial charge in [-0.3, -0.25) is 9.78 Å². The van der Waals surface area contributed by atoms with Crippen molar-refractivity contribution in [2.45, 2.75) is 25.4 Å². The minimum Gasteiger partial charge on any atom is -0.497 e. The number of carbonyl (C=O) groups is 1. The molecule has 156 valence electrons. The number of hydrogen-bond acceptors (Lipinski definition) is 7.